The van der Waals surface area contributed by atoms with Gasteiger partial charge in [0.25, 0.3) is 0 Å². The minimum atomic E-state index is -2.20. The van der Waals surface area contributed by atoms with Crippen LogP contribution in [0.1, 0.15) is 0 Å². The van der Waals surface area contributed by atoms with Crippen molar-refractivity contribution in [2.45, 2.75) is 13.1 Å². The molecule has 1 aliphatic rings. The van der Waals surface area contributed by atoms with Gasteiger partial charge >= 0.3 is 0 Å². The van der Waals surface area contributed by atoms with Crippen LogP contribution in [0.2, 0.25) is 13.1 Å². The zero-order valence-corrected chi connectivity index (χ0v) is 33.4. The number of rotatable bonds is 7. The molecule has 10 aromatic rings. The molecular formula is C54H40N2OSi. The van der Waals surface area contributed by atoms with Crippen molar-refractivity contribution in [2.24, 2.45) is 0 Å². The van der Waals surface area contributed by atoms with Crippen molar-refractivity contribution in [3.05, 3.63) is 206 Å². The Bertz CT molecular complexity index is 3060. The first-order valence-electron chi connectivity index (χ1n) is 20.0. The molecule has 3 nitrogen and oxygen atoms in total. The second-order valence-electron chi connectivity index (χ2n) is 15.7. The Kier molecular flexibility index (Phi) is 7.95. The van der Waals surface area contributed by atoms with Gasteiger partial charge in [-0.05, 0) is 93.1 Å². The van der Waals surface area contributed by atoms with E-state index >= 15 is 0 Å². The molecule has 0 bridgehead atoms. The third-order valence-electron chi connectivity index (χ3n) is 12.0. The first kappa shape index (κ1) is 34.1. The van der Waals surface area contributed by atoms with Gasteiger partial charge in [0.15, 0.2) is 5.58 Å². The molecule has 276 valence electrons. The van der Waals surface area contributed by atoms with Crippen LogP contribution >= 0.6 is 0 Å². The molecule has 1 aromatic heterocycles. The van der Waals surface area contributed by atoms with Crippen molar-refractivity contribution < 1.29 is 4.42 Å². The summed E-state index contributed by atoms with van der Waals surface area (Å²) in [5.74, 6) is 0. The van der Waals surface area contributed by atoms with Crippen LogP contribution in [0.4, 0.5) is 34.1 Å². The van der Waals surface area contributed by atoms with E-state index in [0.29, 0.717) is 0 Å². The molecule has 0 saturated carbocycles. The molecule has 0 radical (unpaired) electrons. The van der Waals surface area contributed by atoms with Gasteiger partial charge in [-0.1, -0.05) is 159 Å². The molecule has 58 heavy (non-hydrogen) atoms. The van der Waals surface area contributed by atoms with E-state index in [1.165, 1.54) is 43.5 Å². The second kappa shape index (κ2) is 13.5. The maximum atomic E-state index is 7.07. The van der Waals surface area contributed by atoms with Crippen LogP contribution in [0.25, 0.3) is 55.0 Å². The lowest BCUT2D eigenvalue weighted by Crippen LogP contribution is -2.55. The smallest absolute Gasteiger partial charge is 0.159 e. The van der Waals surface area contributed by atoms with Crippen LogP contribution in [0.15, 0.2) is 211 Å². The SMILES string of the molecule is C[Si]1(C)c2cc(-c3cccc4c3oc3c(N(c5ccccc5)c5ccccc5)cccc34)ccc2-c2ccc(N(c3ccccc3)c3ccccc3)c3cccc1c23. The average molecular weight is 761 g/mol. The van der Waals surface area contributed by atoms with Gasteiger partial charge in [0.1, 0.15) is 13.7 Å². The first-order chi connectivity index (χ1) is 28.6. The lowest BCUT2D eigenvalue weighted by atomic mass is 9.93. The van der Waals surface area contributed by atoms with Crippen LogP contribution in [-0.2, 0) is 0 Å². The van der Waals surface area contributed by atoms with Gasteiger partial charge in [-0.25, -0.2) is 0 Å². The van der Waals surface area contributed by atoms with Crippen molar-refractivity contribution in [3.8, 4) is 22.3 Å². The molecule has 0 saturated heterocycles. The lowest BCUT2D eigenvalue weighted by Gasteiger charge is -2.35. The summed E-state index contributed by atoms with van der Waals surface area (Å²) in [6, 6.07) is 74.4. The van der Waals surface area contributed by atoms with Gasteiger partial charge in [-0.2, -0.15) is 0 Å². The Morgan fingerprint density at radius 1 is 0.362 bits per heavy atom. The summed E-state index contributed by atoms with van der Waals surface area (Å²) >= 11 is 0. The Labute approximate surface area is 339 Å². The number of hydrogen-bond donors (Lipinski definition) is 0. The van der Waals surface area contributed by atoms with E-state index in [2.05, 4.69) is 229 Å². The largest absolute Gasteiger partial charge is 0.453 e. The van der Waals surface area contributed by atoms with E-state index < -0.39 is 8.07 Å². The van der Waals surface area contributed by atoms with Gasteiger partial charge in [-0.15, -0.1) is 0 Å². The second-order valence-corrected chi connectivity index (χ2v) is 20.0. The summed E-state index contributed by atoms with van der Waals surface area (Å²) in [5.41, 5.74) is 13.4. The highest BCUT2D eigenvalue weighted by Crippen LogP contribution is 2.46. The number of hydrogen-bond acceptors (Lipinski definition) is 3. The molecule has 1 aliphatic heterocycles. The zero-order chi connectivity index (χ0) is 38.8. The van der Waals surface area contributed by atoms with Crippen molar-refractivity contribution >= 4 is 85.3 Å². The van der Waals surface area contributed by atoms with E-state index in [-0.39, 0.29) is 0 Å². The quantitative estimate of drug-likeness (QED) is 0.151. The number of benzene rings is 9. The van der Waals surface area contributed by atoms with E-state index in [1.807, 2.05) is 0 Å². The molecular weight excluding hydrogens is 721 g/mol. The Morgan fingerprint density at radius 3 is 1.47 bits per heavy atom. The van der Waals surface area contributed by atoms with Crippen molar-refractivity contribution in [1.82, 2.24) is 0 Å². The normalized spacial score (nSPS) is 12.8. The topological polar surface area (TPSA) is 19.6 Å². The maximum Gasteiger partial charge on any atom is 0.159 e. The van der Waals surface area contributed by atoms with Gasteiger partial charge in [-0.3, -0.25) is 0 Å². The minimum Gasteiger partial charge on any atom is -0.453 e. The highest BCUT2D eigenvalue weighted by Gasteiger charge is 2.36. The van der Waals surface area contributed by atoms with E-state index in [4.69, 9.17) is 4.42 Å². The molecule has 0 atom stereocenters. The summed E-state index contributed by atoms with van der Waals surface area (Å²) in [7, 11) is -2.20. The standard InChI is InChI=1S/C54H40N2OSi/c1-58(2)50-31-17-29-47-48(55(38-18-7-3-8-19-38)39-20-9-4-10-21-39)35-34-44(52(47)50)43-33-32-37(36-51(43)58)42-26-15-27-45-46-28-16-30-49(54(46)57-53(42)45)56(40-22-11-5-12-23-40)41-24-13-6-14-25-41/h3-36H,1-2H3. The lowest BCUT2D eigenvalue weighted by molar-refractivity contribution is 0.670. The van der Waals surface area contributed by atoms with Crippen LogP contribution in [0.3, 0.4) is 0 Å². The molecule has 9 aromatic carbocycles. The molecule has 2 heterocycles. The van der Waals surface area contributed by atoms with Crippen LogP contribution in [-0.4, -0.2) is 8.07 Å². The van der Waals surface area contributed by atoms with Crippen LogP contribution in [0.5, 0.6) is 0 Å². The number of nitrogens with zero attached hydrogens (tertiary/aromatic N) is 2. The summed E-state index contributed by atoms with van der Waals surface area (Å²) in [6.45, 7) is 5.03. The maximum absolute atomic E-state index is 7.07. The molecule has 0 N–H and O–H groups in total. The van der Waals surface area contributed by atoms with E-state index in [9.17, 15) is 0 Å². The molecule has 0 unspecified atom stereocenters. The summed E-state index contributed by atoms with van der Waals surface area (Å²) in [5, 5.41) is 7.81. The molecule has 11 rings (SSSR count). The number of anilines is 6. The minimum absolute atomic E-state index is 0.877. The molecule has 4 heteroatoms. The Balaban J connectivity index is 1.07. The van der Waals surface area contributed by atoms with Gasteiger partial charge in [0, 0.05) is 44.5 Å². The fourth-order valence-corrected chi connectivity index (χ4v) is 12.4. The fourth-order valence-electron chi connectivity index (χ4n) is 9.31. The van der Waals surface area contributed by atoms with Crippen molar-refractivity contribution in [2.75, 3.05) is 9.80 Å². The molecule has 0 amide bonds. The summed E-state index contributed by atoms with van der Waals surface area (Å²) in [4.78, 5) is 4.69. The van der Waals surface area contributed by atoms with Crippen LogP contribution in [0, 0.1) is 0 Å². The molecule has 0 aliphatic carbocycles. The number of para-hydroxylation sites is 6. The Hall–Kier alpha value is -7.14. The van der Waals surface area contributed by atoms with Gasteiger partial charge < -0.3 is 14.2 Å². The number of furan rings is 1. The average Bonchev–Trinajstić information content (AvgIpc) is 3.67. The molecule has 0 fully saturated rings. The van der Waals surface area contributed by atoms with E-state index in [1.54, 1.807) is 0 Å². The third kappa shape index (κ3) is 5.33. The van der Waals surface area contributed by atoms with Gasteiger partial charge in [0.05, 0.1) is 11.4 Å². The van der Waals surface area contributed by atoms with Crippen molar-refractivity contribution in [3.63, 3.8) is 0 Å². The monoisotopic (exact) mass is 760 g/mol. The van der Waals surface area contributed by atoms with Crippen LogP contribution < -0.4 is 20.2 Å². The highest BCUT2D eigenvalue weighted by molar-refractivity contribution is 7.03. The third-order valence-corrected chi connectivity index (χ3v) is 15.6. The summed E-state index contributed by atoms with van der Waals surface area (Å²) in [6.07, 6.45) is 0. The predicted octanol–water partition coefficient (Wildman–Crippen LogP) is 14.1. The van der Waals surface area contributed by atoms with E-state index in [0.717, 1.165) is 55.9 Å². The first-order valence-corrected chi connectivity index (χ1v) is 23.0. The summed E-state index contributed by atoms with van der Waals surface area (Å²) < 4.78 is 7.07. The zero-order valence-electron chi connectivity index (χ0n) is 32.4. The van der Waals surface area contributed by atoms with Gasteiger partial charge in [0.2, 0.25) is 0 Å². The predicted molar refractivity (Wildman–Crippen MR) is 248 cm³/mol. The van der Waals surface area contributed by atoms with Crippen molar-refractivity contribution in [1.29, 1.82) is 0 Å². The Morgan fingerprint density at radius 2 is 0.862 bits per heavy atom. The number of fused-ring (bicyclic) bond motifs is 5. The fraction of sp³-hybridized carbons (Fsp3) is 0.0370. The highest BCUT2D eigenvalue weighted by atomic mass is 28.3. The molecule has 0 spiro atoms.